The molecule has 128 valence electrons. The van der Waals surface area contributed by atoms with Gasteiger partial charge in [0.05, 0.1) is 6.26 Å². The highest BCUT2D eigenvalue weighted by Crippen LogP contribution is 2.26. The van der Waals surface area contributed by atoms with Gasteiger partial charge in [0.2, 0.25) is 11.8 Å². The van der Waals surface area contributed by atoms with Crippen LogP contribution in [0.3, 0.4) is 0 Å². The van der Waals surface area contributed by atoms with Crippen molar-refractivity contribution in [2.75, 3.05) is 5.32 Å². The molecule has 1 saturated carbocycles. The monoisotopic (exact) mass is 347 g/mol. The summed E-state index contributed by atoms with van der Waals surface area (Å²) in [6, 6.07) is 3.42. The van der Waals surface area contributed by atoms with Gasteiger partial charge in [-0.25, -0.2) is 4.98 Å². The summed E-state index contributed by atoms with van der Waals surface area (Å²) >= 11 is 1.35. The van der Waals surface area contributed by atoms with E-state index in [2.05, 4.69) is 15.6 Å². The highest BCUT2D eigenvalue weighted by Gasteiger charge is 2.24. The first kappa shape index (κ1) is 16.7. The first-order valence-electron chi connectivity index (χ1n) is 8.21. The van der Waals surface area contributed by atoms with Crippen LogP contribution in [0.5, 0.6) is 0 Å². The molecule has 0 spiro atoms. The van der Waals surface area contributed by atoms with E-state index < -0.39 is 0 Å². The number of carbonyl (C=O) groups is 2. The smallest absolute Gasteiger partial charge is 0.228 e. The Balaban J connectivity index is 1.47. The largest absolute Gasteiger partial charge is 0.463 e. The topological polar surface area (TPSA) is 84.2 Å². The highest BCUT2D eigenvalue weighted by atomic mass is 32.1. The minimum absolute atomic E-state index is 0.0714. The van der Waals surface area contributed by atoms with Crippen LogP contribution in [-0.2, 0) is 9.59 Å². The summed E-state index contributed by atoms with van der Waals surface area (Å²) in [5.41, 5.74) is 0.697. The van der Waals surface area contributed by atoms with Gasteiger partial charge in [0.25, 0.3) is 0 Å². The van der Waals surface area contributed by atoms with Crippen molar-refractivity contribution in [1.29, 1.82) is 0 Å². The Morgan fingerprint density at radius 2 is 2.21 bits per heavy atom. The summed E-state index contributed by atoms with van der Waals surface area (Å²) in [5, 5.41) is 8.07. The van der Waals surface area contributed by atoms with Crippen LogP contribution in [0.15, 0.2) is 28.2 Å². The molecule has 1 fully saturated rings. The number of nitrogens with zero attached hydrogens (tertiary/aromatic N) is 1. The molecule has 24 heavy (non-hydrogen) atoms. The molecule has 1 aliphatic carbocycles. The van der Waals surface area contributed by atoms with Crippen LogP contribution in [0.2, 0.25) is 0 Å². The Hall–Kier alpha value is -2.15. The van der Waals surface area contributed by atoms with Crippen molar-refractivity contribution in [3.63, 3.8) is 0 Å². The number of hydrogen-bond donors (Lipinski definition) is 2. The molecule has 2 amide bonds. The number of hydrogen-bond acceptors (Lipinski definition) is 5. The Bertz CT molecular complexity index is 690. The molecule has 0 radical (unpaired) electrons. The first-order chi connectivity index (χ1) is 11.6. The van der Waals surface area contributed by atoms with E-state index in [1.165, 1.54) is 11.3 Å². The van der Waals surface area contributed by atoms with Crippen molar-refractivity contribution in [1.82, 2.24) is 10.3 Å². The second-order valence-corrected chi connectivity index (χ2v) is 7.02. The van der Waals surface area contributed by atoms with E-state index in [0.29, 0.717) is 16.6 Å². The van der Waals surface area contributed by atoms with E-state index in [1.807, 2.05) is 18.4 Å². The molecule has 0 aromatic carbocycles. The Morgan fingerprint density at radius 1 is 1.42 bits per heavy atom. The third-order valence-electron chi connectivity index (χ3n) is 4.13. The zero-order valence-electron chi connectivity index (χ0n) is 13.6. The molecular formula is C17H21N3O3S. The van der Waals surface area contributed by atoms with Crippen molar-refractivity contribution >= 4 is 28.3 Å². The highest BCUT2D eigenvalue weighted by molar-refractivity contribution is 7.14. The Labute approximate surface area is 144 Å². The molecule has 0 bridgehead atoms. The minimum Gasteiger partial charge on any atom is -0.463 e. The second-order valence-electron chi connectivity index (χ2n) is 6.16. The quantitative estimate of drug-likeness (QED) is 0.838. The molecule has 6 nitrogen and oxygen atoms in total. The maximum absolute atomic E-state index is 12.1. The van der Waals surface area contributed by atoms with E-state index >= 15 is 0 Å². The van der Waals surface area contributed by atoms with Gasteiger partial charge in [-0.3, -0.25) is 9.59 Å². The van der Waals surface area contributed by atoms with Crippen LogP contribution in [0, 0.1) is 5.92 Å². The van der Waals surface area contributed by atoms with Crippen molar-refractivity contribution in [2.45, 2.75) is 45.1 Å². The van der Waals surface area contributed by atoms with Crippen LogP contribution in [-0.4, -0.2) is 22.8 Å². The SMILES string of the molecule is C[C@@H](CC(=O)Nc1nc(-c2ccco2)cs1)NC(=O)C1CCCC1. The number of nitrogens with one attached hydrogen (secondary N) is 2. The van der Waals surface area contributed by atoms with Crippen molar-refractivity contribution < 1.29 is 14.0 Å². The van der Waals surface area contributed by atoms with Gasteiger partial charge < -0.3 is 15.1 Å². The fourth-order valence-electron chi connectivity index (χ4n) is 2.92. The van der Waals surface area contributed by atoms with Gasteiger partial charge in [0.1, 0.15) is 5.69 Å². The number of aromatic nitrogens is 1. The maximum Gasteiger partial charge on any atom is 0.228 e. The van der Waals surface area contributed by atoms with Crippen molar-refractivity contribution in [3.8, 4) is 11.5 Å². The van der Waals surface area contributed by atoms with Gasteiger partial charge in [-0.05, 0) is 31.9 Å². The fourth-order valence-corrected chi connectivity index (χ4v) is 3.63. The first-order valence-corrected chi connectivity index (χ1v) is 9.09. The van der Waals surface area contributed by atoms with E-state index in [0.717, 1.165) is 25.7 Å². The summed E-state index contributed by atoms with van der Waals surface area (Å²) in [5.74, 6) is 0.700. The van der Waals surface area contributed by atoms with Gasteiger partial charge in [-0.15, -0.1) is 11.3 Å². The van der Waals surface area contributed by atoms with E-state index in [-0.39, 0.29) is 30.2 Å². The van der Waals surface area contributed by atoms with Crippen molar-refractivity contribution in [3.05, 3.63) is 23.8 Å². The van der Waals surface area contributed by atoms with Gasteiger partial charge in [-0.2, -0.15) is 0 Å². The molecule has 3 rings (SSSR count). The lowest BCUT2D eigenvalue weighted by Crippen LogP contribution is -2.38. The van der Waals surface area contributed by atoms with Gasteiger partial charge >= 0.3 is 0 Å². The molecule has 2 N–H and O–H groups in total. The molecule has 7 heteroatoms. The molecule has 1 atom stereocenters. The van der Waals surface area contributed by atoms with Gasteiger partial charge in [0, 0.05) is 23.8 Å². The molecule has 0 unspecified atom stereocenters. The molecule has 1 aliphatic rings. The molecule has 0 aliphatic heterocycles. The van der Waals surface area contributed by atoms with Gasteiger partial charge in [-0.1, -0.05) is 12.8 Å². The lowest BCUT2D eigenvalue weighted by atomic mass is 10.1. The summed E-state index contributed by atoms with van der Waals surface area (Å²) in [4.78, 5) is 28.5. The number of furan rings is 1. The molecule has 2 aromatic heterocycles. The third-order valence-corrected chi connectivity index (χ3v) is 4.89. The zero-order valence-corrected chi connectivity index (χ0v) is 14.4. The van der Waals surface area contributed by atoms with E-state index in [1.54, 1.807) is 12.3 Å². The Morgan fingerprint density at radius 3 is 2.92 bits per heavy atom. The lowest BCUT2D eigenvalue weighted by molar-refractivity contribution is -0.125. The van der Waals surface area contributed by atoms with Gasteiger partial charge in [0.15, 0.2) is 10.9 Å². The number of rotatable bonds is 6. The fraction of sp³-hybridized carbons (Fsp3) is 0.471. The van der Waals surface area contributed by atoms with Crippen molar-refractivity contribution in [2.24, 2.45) is 5.92 Å². The lowest BCUT2D eigenvalue weighted by Gasteiger charge is -2.16. The van der Waals surface area contributed by atoms with E-state index in [9.17, 15) is 9.59 Å². The van der Waals surface area contributed by atoms with Crippen LogP contribution in [0.1, 0.15) is 39.0 Å². The average Bonchev–Trinajstić information content (AvgIpc) is 3.29. The predicted molar refractivity (Wildman–Crippen MR) is 92.6 cm³/mol. The van der Waals surface area contributed by atoms with Crippen LogP contribution < -0.4 is 10.6 Å². The number of carbonyl (C=O) groups excluding carboxylic acids is 2. The number of anilines is 1. The maximum atomic E-state index is 12.1. The zero-order chi connectivity index (χ0) is 16.9. The molecule has 0 saturated heterocycles. The normalized spacial score (nSPS) is 16.0. The van der Waals surface area contributed by atoms with Crippen LogP contribution in [0.4, 0.5) is 5.13 Å². The summed E-state index contributed by atoms with van der Waals surface area (Å²) < 4.78 is 5.28. The molecule has 2 heterocycles. The Kier molecular flexibility index (Phi) is 5.30. The number of amides is 2. The summed E-state index contributed by atoms with van der Waals surface area (Å²) in [6.45, 7) is 1.85. The third kappa shape index (κ3) is 4.23. The number of thiazole rings is 1. The summed E-state index contributed by atoms with van der Waals surface area (Å²) in [6.07, 6.45) is 5.97. The van der Waals surface area contributed by atoms with Crippen LogP contribution in [0.25, 0.3) is 11.5 Å². The second kappa shape index (κ2) is 7.61. The molecular weight excluding hydrogens is 326 g/mol. The van der Waals surface area contributed by atoms with E-state index in [4.69, 9.17) is 4.42 Å². The standard InChI is InChI=1S/C17H21N3O3S/c1-11(18-16(22)12-5-2-3-6-12)9-15(21)20-17-19-13(10-24-17)14-7-4-8-23-14/h4,7-8,10-12H,2-3,5-6,9H2,1H3,(H,18,22)(H,19,20,21)/t11-/m0/s1. The molecule has 2 aromatic rings. The predicted octanol–water partition coefficient (Wildman–Crippen LogP) is 3.43. The van der Waals surface area contributed by atoms with Crippen LogP contribution >= 0.6 is 11.3 Å². The summed E-state index contributed by atoms with van der Waals surface area (Å²) in [7, 11) is 0. The average molecular weight is 347 g/mol. The minimum atomic E-state index is -0.192.